The lowest BCUT2D eigenvalue weighted by Crippen LogP contribution is -2.38. The Morgan fingerprint density at radius 2 is 2.33 bits per heavy atom. The fourth-order valence-electron chi connectivity index (χ4n) is 1.72. The van der Waals surface area contributed by atoms with Crippen LogP contribution in [0, 0.1) is 0 Å². The molecule has 0 spiro atoms. The molecule has 1 unspecified atom stereocenters. The summed E-state index contributed by atoms with van der Waals surface area (Å²) >= 11 is 7.44. The normalized spacial score (nSPS) is 18.8. The van der Waals surface area contributed by atoms with Crippen LogP contribution in [0.1, 0.15) is 30.1 Å². The fraction of sp³-hybridized carbons (Fsp3) is 0.636. The van der Waals surface area contributed by atoms with Crippen molar-refractivity contribution < 1.29 is 5.11 Å². The molecule has 1 atom stereocenters. The molecule has 1 aromatic rings. The molecule has 1 heterocycles. The number of hydrogen-bond acceptors (Lipinski definition) is 3. The van der Waals surface area contributed by atoms with Crippen LogP contribution >= 0.6 is 22.9 Å². The van der Waals surface area contributed by atoms with Gasteiger partial charge in [-0.25, -0.2) is 0 Å². The van der Waals surface area contributed by atoms with E-state index in [0.717, 1.165) is 10.9 Å². The van der Waals surface area contributed by atoms with Gasteiger partial charge in [-0.15, -0.1) is 11.3 Å². The number of thiophene rings is 1. The molecule has 4 heteroatoms. The third kappa shape index (κ3) is 2.94. The molecule has 84 valence electrons. The van der Waals surface area contributed by atoms with Crippen LogP contribution in [0.15, 0.2) is 12.1 Å². The minimum absolute atomic E-state index is 0.191. The first-order valence-electron chi connectivity index (χ1n) is 5.39. The van der Waals surface area contributed by atoms with Crippen LogP contribution < -0.4 is 5.32 Å². The predicted molar refractivity (Wildman–Crippen MR) is 64.8 cm³/mol. The summed E-state index contributed by atoms with van der Waals surface area (Å²) in [5.41, 5.74) is 0. The maximum Gasteiger partial charge on any atom is 0.0931 e. The molecular formula is C11H16ClNOS. The van der Waals surface area contributed by atoms with Gasteiger partial charge in [-0.1, -0.05) is 18.0 Å². The van der Waals surface area contributed by atoms with Gasteiger partial charge in [-0.3, -0.25) is 0 Å². The van der Waals surface area contributed by atoms with Gasteiger partial charge in [0, 0.05) is 23.4 Å². The van der Waals surface area contributed by atoms with Gasteiger partial charge in [-0.05, 0) is 25.0 Å². The van der Waals surface area contributed by atoms with E-state index in [9.17, 15) is 5.11 Å². The van der Waals surface area contributed by atoms with E-state index in [-0.39, 0.29) is 12.5 Å². The van der Waals surface area contributed by atoms with Gasteiger partial charge >= 0.3 is 0 Å². The third-order valence-electron chi connectivity index (χ3n) is 2.97. The van der Waals surface area contributed by atoms with E-state index in [4.69, 9.17) is 11.6 Å². The zero-order valence-corrected chi connectivity index (χ0v) is 10.2. The van der Waals surface area contributed by atoms with Gasteiger partial charge in [0.05, 0.1) is 10.9 Å². The molecule has 2 nitrogen and oxygen atoms in total. The monoisotopic (exact) mass is 245 g/mol. The molecule has 0 amide bonds. The molecule has 15 heavy (non-hydrogen) atoms. The lowest BCUT2D eigenvalue weighted by Gasteiger charge is -2.28. The van der Waals surface area contributed by atoms with E-state index in [1.54, 1.807) is 11.3 Å². The molecule has 0 aromatic carbocycles. The molecule has 1 aromatic heterocycles. The summed E-state index contributed by atoms with van der Waals surface area (Å²) in [6.45, 7) is 1.05. The average molecular weight is 246 g/mol. The van der Waals surface area contributed by atoms with Crippen molar-refractivity contribution in [3.05, 3.63) is 21.3 Å². The minimum Gasteiger partial charge on any atom is -0.396 e. The van der Waals surface area contributed by atoms with Crippen molar-refractivity contribution in [1.82, 2.24) is 5.32 Å². The lowest BCUT2D eigenvalue weighted by molar-refractivity contribution is 0.249. The van der Waals surface area contributed by atoms with Crippen LogP contribution in [0.4, 0.5) is 0 Å². The maximum atomic E-state index is 9.32. The summed E-state index contributed by atoms with van der Waals surface area (Å²) < 4.78 is 0.798. The van der Waals surface area contributed by atoms with Crippen molar-refractivity contribution in [2.75, 3.05) is 13.2 Å². The Kier molecular flexibility index (Phi) is 4.03. The van der Waals surface area contributed by atoms with E-state index >= 15 is 0 Å². The topological polar surface area (TPSA) is 32.3 Å². The zero-order chi connectivity index (χ0) is 10.7. The van der Waals surface area contributed by atoms with Crippen LogP contribution in [0.2, 0.25) is 4.34 Å². The highest BCUT2D eigenvalue weighted by atomic mass is 35.5. The smallest absolute Gasteiger partial charge is 0.0931 e. The second-order valence-electron chi connectivity index (χ2n) is 4.06. The molecular weight excluding hydrogens is 230 g/mol. The number of rotatable bonds is 5. The summed E-state index contributed by atoms with van der Waals surface area (Å²) in [4.78, 5) is 1.18. The SMILES string of the molecule is OCC(CNC1CCC1)c1ccc(Cl)s1. The van der Waals surface area contributed by atoms with Gasteiger partial charge in [-0.2, -0.15) is 0 Å². The molecule has 1 aliphatic carbocycles. The highest BCUT2D eigenvalue weighted by Gasteiger charge is 2.19. The Morgan fingerprint density at radius 3 is 2.80 bits per heavy atom. The summed E-state index contributed by atoms with van der Waals surface area (Å²) in [5.74, 6) is 0.197. The first-order valence-corrected chi connectivity index (χ1v) is 6.58. The number of aliphatic hydroxyl groups excluding tert-OH is 1. The molecule has 1 aliphatic rings. The Hall–Kier alpha value is -0.0900. The average Bonchev–Trinajstić information content (AvgIpc) is 2.56. The molecule has 1 fully saturated rings. The van der Waals surface area contributed by atoms with E-state index < -0.39 is 0 Å². The van der Waals surface area contributed by atoms with Crippen molar-refractivity contribution in [3.63, 3.8) is 0 Å². The van der Waals surface area contributed by atoms with Gasteiger partial charge in [0.2, 0.25) is 0 Å². The van der Waals surface area contributed by atoms with Gasteiger partial charge in [0.25, 0.3) is 0 Å². The second-order valence-corrected chi connectivity index (χ2v) is 5.80. The maximum absolute atomic E-state index is 9.32. The molecule has 2 N–H and O–H groups in total. The minimum atomic E-state index is 0.191. The third-order valence-corrected chi connectivity index (χ3v) is 4.37. The number of aliphatic hydroxyl groups is 1. The van der Waals surface area contributed by atoms with Crippen LogP contribution in [-0.4, -0.2) is 24.3 Å². The van der Waals surface area contributed by atoms with Crippen molar-refractivity contribution in [3.8, 4) is 0 Å². The van der Waals surface area contributed by atoms with E-state index in [0.29, 0.717) is 6.04 Å². The predicted octanol–water partition coefficient (Wildman–Crippen LogP) is 2.62. The molecule has 0 saturated heterocycles. The van der Waals surface area contributed by atoms with E-state index in [1.807, 2.05) is 12.1 Å². The Morgan fingerprint density at radius 1 is 1.53 bits per heavy atom. The van der Waals surface area contributed by atoms with Gasteiger partial charge in [0.1, 0.15) is 0 Å². The molecule has 0 bridgehead atoms. The molecule has 1 saturated carbocycles. The van der Waals surface area contributed by atoms with Crippen LogP contribution in [-0.2, 0) is 0 Å². The van der Waals surface area contributed by atoms with Crippen molar-refractivity contribution in [1.29, 1.82) is 0 Å². The standard InChI is InChI=1S/C11H16ClNOS/c12-11-5-4-10(15-11)8(7-14)6-13-9-2-1-3-9/h4-5,8-9,13-14H,1-3,6-7H2. The summed E-state index contributed by atoms with van der Waals surface area (Å²) in [6.07, 6.45) is 3.90. The zero-order valence-electron chi connectivity index (χ0n) is 8.58. The Balaban J connectivity index is 1.85. The van der Waals surface area contributed by atoms with Crippen LogP contribution in [0.25, 0.3) is 0 Å². The summed E-state index contributed by atoms with van der Waals surface area (Å²) in [6, 6.07) is 4.58. The van der Waals surface area contributed by atoms with E-state index in [1.165, 1.54) is 24.1 Å². The summed E-state index contributed by atoms with van der Waals surface area (Å²) in [5, 5.41) is 12.8. The molecule has 2 rings (SSSR count). The lowest BCUT2D eigenvalue weighted by atomic mass is 9.92. The van der Waals surface area contributed by atoms with Gasteiger partial charge in [0.15, 0.2) is 0 Å². The van der Waals surface area contributed by atoms with Crippen LogP contribution in [0.3, 0.4) is 0 Å². The Bertz CT molecular complexity index is 311. The van der Waals surface area contributed by atoms with Crippen molar-refractivity contribution >= 4 is 22.9 Å². The first kappa shape index (κ1) is 11.4. The van der Waals surface area contributed by atoms with Crippen LogP contribution in [0.5, 0.6) is 0 Å². The van der Waals surface area contributed by atoms with Gasteiger partial charge < -0.3 is 10.4 Å². The quantitative estimate of drug-likeness (QED) is 0.836. The largest absolute Gasteiger partial charge is 0.396 e. The fourth-order valence-corrected chi connectivity index (χ4v) is 2.88. The summed E-state index contributed by atoms with van der Waals surface area (Å²) in [7, 11) is 0. The van der Waals surface area contributed by atoms with Crippen molar-refractivity contribution in [2.45, 2.75) is 31.2 Å². The highest BCUT2D eigenvalue weighted by Crippen LogP contribution is 2.28. The molecule has 0 aliphatic heterocycles. The number of hydrogen-bond donors (Lipinski definition) is 2. The molecule has 0 radical (unpaired) electrons. The van der Waals surface area contributed by atoms with Crippen molar-refractivity contribution in [2.24, 2.45) is 0 Å². The highest BCUT2D eigenvalue weighted by molar-refractivity contribution is 7.16. The van der Waals surface area contributed by atoms with E-state index in [2.05, 4.69) is 5.32 Å². The number of nitrogens with one attached hydrogen (secondary N) is 1. The Labute approximate surface area is 99.3 Å². The second kappa shape index (κ2) is 5.30. The number of halogens is 1. The first-order chi connectivity index (χ1) is 7.29.